The maximum Gasteiger partial charge on any atom is 0.416 e. The van der Waals surface area contributed by atoms with E-state index in [1.54, 1.807) is 12.1 Å². The minimum atomic E-state index is -4.32. The topological polar surface area (TPSA) is 12.0 Å². The van der Waals surface area contributed by atoms with Gasteiger partial charge in [-0.3, -0.25) is 0 Å². The molecule has 1 N–H and O–H groups in total. The van der Waals surface area contributed by atoms with Crippen LogP contribution in [-0.2, 0) is 6.18 Å². The Balaban J connectivity index is 2.56. The molecule has 1 nitrogen and oxygen atoms in total. The highest BCUT2D eigenvalue weighted by Gasteiger charge is 2.35. The first kappa shape index (κ1) is 13.7. The van der Waals surface area contributed by atoms with E-state index in [-0.39, 0.29) is 5.92 Å². The molecule has 1 aliphatic heterocycles. The summed E-state index contributed by atoms with van der Waals surface area (Å²) in [5, 5.41) is 3.15. The molecule has 4 heteroatoms. The molecule has 102 valence electrons. The maximum atomic E-state index is 13.1. The molecule has 0 fully saturated rings. The Labute approximate surface area is 110 Å². The highest BCUT2D eigenvalue weighted by atomic mass is 19.4. The highest BCUT2D eigenvalue weighted by Crippen LogP contribution is 2.39. The van der Waals surface area contributed by atoms with Crippen molar-refractivity contribution in [3.63, 3.8) is 0 Å². The summed E-state index contributed by atoms with van der Waals surface area (Å²) in [7, 11) is 0. The van der Waals surface area contributed by atoms with E-state index in [0.717, 1.165) is 23.0 Å². The van der Waals surface area contributed by atoms with Gasteiger partial charge in [0.15, 0.2) is 0 Å². The van der Waals surface area contributed by atoms with Gasteiger partial charge in [-0.15, -0.1) is 0 Å². The van der Waals surface area contributed by atoms with Gasteiger partial charge in [0.05, 0.1) is 5.56 Å². The highest BCUT2D eigenvalue weighted by molar-refractivity contribution is 5.44. The van der Waals surface area contributed by atoms with Gasteiger partial charge in [0.25, 0.3) is 0 Å². The van der Waals surface area contributed by atoms with Crippen LogP contribution in [0.1, 0.15) is 37.8 Å². The first-order valence-electron chi connectivity index (χ1n) is 6.09. The molecule has 0 amide bonds. The van der Waals surface area contributed by atoms with Gasteiger partial charge in [-0.2, -0.15) is 13.2 Å². The van der Waals surface area contributed by atoms with Crippen LogP contribution >= 0.6 is 0 Å². The van der Waals surface area contributed by atoms with E-state index in [2.05, 4.69) is 5.32 Å². The second kappa shape index (κ2) is 4.76. The number of hydrogen-bond acceptors (Lipinski definition) is 1. The molecule has 0 aromatic heterocycles. The van der Waals surface area contributed by atoms with Gasteiger partial charge >= 0.3 is 6.18 Å². The van der Waals surface area contributed by atoms with Crippen LogP contribution in [0, 0.1) is 0 Å². The molecule has 0 radical (unpaired) electrons. The number of hydrogen-bond donors (Lipinski definition) is 1. The zero-order valence-corrected chi connectivity index (χ0v) is 11.1. The Morgan fingerprint density at radius 2 is 1.68 bits per heavy atom. The molecule has 0 saturated carbocycles. The Morgan fingerprint density at radius 3 is 2.32 bits per heavy atom. The van der Waals surface area contributed by atoms with Crippen molar-refractivity contribution in [1.82, 2.24) is 5.32 Å². The van der Waals surface area contributed by atoms with Gasteiger partial charge in [-0.1, -0.05) is 24.3 Å². The molecule has 1 aromatic carbocycles. The molecule has 1 unspecified atom stereocenters. The van der Waals surface area contributed by atoms with Crippen LogP contribution in [0.25, 0.3) is 0 Å². The van der Waals surface area contributed by atoms with E-state index in [1.165, 1.54) is 6.07 Å². The molecule has 2 rings (SSSR count). The number of alkyl halides is 3. The van der Waals surface area contributed by atoms with Crippen LogP contribution in [0.3, 0.4) is 0 Å². The smallest absolute Gasteiger partial charge is 0.363 e. The zero-order valence-electron chi connectivity index (χ0n) is 11.1. The monoisotopic (exact) mass is 267 g/mol. The van der Waals surface area contributed by atoms with Gasteiger partial charge in [-0.05, 0) is 38.0 Å². The third-order valence-corrected chi connectivity index (χ3v) is 3.46. The van der Waals surface area contributed by atoms with Gasteiger partial charge in [0, 0.05) is 17.3 Å². The largest absolute Gasteiger partial charge is 0.416 e. The number of allylic oxidation sites excluding steroid dienone is 4. The van der Waals surface area contributed by atoms with Crippen molar-refractivity contribution in [1.29, 1.82) is 0 Å². The molecule has 1 aliphatic rings. The summed E-state index contributed by atoms with van der Waals surface area (Å²) < 4.78 is 39.2. The molecular formula is C15H16F3N. The van der Waals surface area contributed by atoms with Gasteiger partial charge in [0.1, 0.15) is 0 Å². The van der Waals surface area contributed by atoms with Crippen molar-refractivity contribution in [2.75, 3.05) is 0 Å². The number of nitrogens with one attached hydrogen (secondary N) is 1. The summed E-state index contributed by atoms with van der Waals surface area (Å²) in [5.74, 6) is -0.320. The third kappa shape index (κ3) is 2.67. The second-order valence-electron chi connectivity index (χ2n) is 4.85. The average Bonchev–Trinajstić information content (AvgIpc) is 2.33. The Bertz CT molecular complexity index is 553. The van der Waals surface area contributed by atoms with Crippen molar-refractivity contribution >= 4 is 0 Å². The van der Waals surface area contributed by atoms with Crippen LogP contribution in [-0.4, -0.2) is 0 Å². The number of dihydropyridines is 1. The minimum absolute atomic E-state index is 0.313. The number of halogens is 3. The van der Waals surface area contributed by atoms with E-state index < -0.39 is 11.7 Å². The lowest BCUT2D eigenvalue weighted by Gasteiger charge is -2.27. The van der Waals surface area contributed by atoms with E-state index in [4.69, 9.17) is 0 Å². The Morgan fingerprint density at radius 1 is 1.05 bits per heavy atom. The van der Waals surface area contributed by atoms with Crippen LogP contribution < -0.4 is 5.32 Å². The molecule has 1 atom stereocenters. The van der Waals surface area contributed by atoms with Crippen molar-refractivity contribution < 1.29 is 13.2 Å². The van der Waals surface area contributed by atoms with E-state index in [9.17, 15) is 13.2 Å². The molecule has 1 aromatic rings. The lowest BCUT2D eigenvalue weighted by molar-refractivity contribution is -0.138. The Hall–Kier alpha value is -1.71. The van der Waals surface area contributed by atoms with Gasteiger partial charge in [-0.25, -0.2) is 0 Å². The van der Waals surface area contributed by atoms with Crippen molar-refractivity contribution in [3.8, 4) is 0 Å². The summed E-state index contributed by atoms with van der Waals surface area (Å²) in [6.07, 6.45) is -2.48. The van der Waals surface area contributed by atoms with E-state index in [1.807, 2.05) is 26.8 Å². The average molecular weight is 267 g/mol. The molecule has 0 bridgehead atoms. The van der Waals surface area contributed by atoms with Gasteiger partial charge < -0.3 is 5.32 Å². The van der Waals surface area contributed by atoms with Gasteiger partial charge in [0.2, 0.25) is 0 Å². The predicted octanol–water partition coefficient (Wildman–Crippen LogP) is 4.59. The molecular weight excluding hydrogens is 251 g/mol. The van der Waals surface area contributed by atoms with E-state index in [0.29, 0.717) is 5.56 Å². The van der Waals surface area contributed by atoms with Crippen molar-refractivity contribution in [3.05, 3.63) is 58.4 Å². The first-order valence-corrected chi connectivity index (χ1v) is 6.09. The molecule has 0 spiro atoms. The van der Waals surface area contributed by atoms with Crippen LogP contribution in [0.2, 0.25) is 0 Å². The predicted molar refractivity (Wildman–Crippen MR) is 69.5 cm³/mol. The van der Waals surface area contributed by atoms with Crippen LogP contribution in [0.5, 0.6) is 0 Å². The molecule has 19 heavy (non-hydrogen) atoms. The normalized spacial score (nSPS) is 20.1. The summed E-state index contributed by atoms with van der Waals surface area (Å²) in [4.78, 5) is 0. The summed E-state index contributed by atoms with van der Waals surface area (Å²) >= 11 is 0. The standard InChI is InChI=1S/C15H16F3N/c1-9-8-13(10(2)11(3)19-9)12-6-4-5-7-14(12)15(16,17)18/h4-8,13,19H,1-3H3. The Kier molecular flexibility index (Phi) is 3.43. The van der Waals surface area contributed by atoms with Crippen LogP contribution in [0.4, 0.5) is 13.2 Å². The molecule has 0 aliphatic carbocycles. The fourth-order valence-electron chi connectivity index (χ4n) is 2.39. The van der Waals surface area contributed by atoms with Crippen molar-refractivity contribution in [2.45, 2.75) is 32.9 Å². The SMILES string of the molecule is CC1=CC(c2ccccc2C(F)(F)F)C(C)=C(C)N1. The minimum Gasteiger partial charge on any atom is -0.363 e. The van der Waals surface area contributed by atoms with Crippen LogP contribution in [0.15, 0.2) is 47.3 Å². The lowest BCUT2D eigenvalue weighted by atomic mass is 9.85. The summed E-state index contributed by atoms with van der Waals surface area (Å²) in [6.45, 7) is 5.61. The summed E-state index contributed by atoms with van der Waals surface area (Å²) in [5.41, 5.74) is 2.47. The fourth-order valence-corrected chi connectivity index (χ4v) is 2.39. The second-order valence-corrected chi connectivity index (χ2v) is 4.85. The third-order valence-electron chi connectivity index (χ3n) is 3.46. The number of rotatable bonds is 1. The quantitative estimate of drug-likeness (QED) is 0.784. The first-order chi connectivity index (χ1) is 8.80. The number of benzene rings is 1. The maximum absolute atomic E-state index is 13.1. The molecule has 0 saturated heterocycles. The molecule has 1 heterocycles. The van der Waals surface area contributed by atoms with Crippen molar-refractivity contribution in [2.24, 2.45) is 0 Å². The lowest BCUT2D eigenvalue weighted by Crippen LogP contribution is -2.20. The summed E-state index contributed by atoms with van der Waals surface area (Å²) in [6, 6.07) is 5.77. The fraction of sp³-hybridized carbons (Fsp3) is 0.333. The van der Waals surface area contributed by atoms with E-state index >= 15 is 0 Å². The zero-order chi connectivity index (χ0) is 14.2.